The molecule has 0 amide bonds. The first-order valence-corrected chi connectivity index (χ1v) is 5.35. The van der Waals surface area contributed by atoms with Gasteiger partial charge < -0.3 is 0 Å². The first-order valence-electron chi connectivity index (χ1n) is 3.76. The molecule has 2 nitrogen and oxygen atoms in total. The van der Waals surface area contributed by atoms with Gasteiger partial charge in [0.25, 0.3) is 0 Å². The number of nitrogens with zero attached hydrogens (tertiary/aromatic N) is 1. The Hall–Kier alpha value is -0.220. The van der Waals surface area contributed by atoms with E-state index in [2.05, 4.69) is 36.8 Å². The highest BCUT2D eigenvalue weighted by atomic mass is 79.9. The second kappa shape index (κ2) is 3.88. The summed E-state index contributed by atoms with van der Waals surface area (Å²) < 4.78 is 0.324. The zero-order valence-electron chi connectivity index (χ0n) is 7.34. The topological polar surface area (TPSA) is 30.0 Å². The van der Waals surface area contributed by atoms with Gasteiger partial charge in [-0.05, 0) is 41.9 Å². The average Bonchev–Trinajstić information content (AvgIpc) is 2.03. The molecular weight excluding hydrogens is 298 g/mol. The molecule has 70 valence electrons. The first kappa shape index (κ1) is 10.9. The van der Waals surface area contributed by atoms with E-state index in [1.165, 1.54) is 0 Å². The molecule has 0 unspecified atom stereocenters. The number of carbonyl (C=O) groups excluding carboxylic acids is 1. The number of rotatable bonds is 2. The molecule has 0 aliphatic heterocycles. The van der Waals surface area contributed by atoms with Crippen molar-refractivity contribution in [2.75, 3.05) is 0 Å². The number of halogens is 2. The van der Waals surface area contributed by atoms with E-state index < -0.39 is 4.32 Å². The Morgan fingerprint density at radius 3 is 2.46 bits per heavy atom. The summed E-state index contributed by atoms with van der Waals surface area (Å²) in [5.74, 6) is -0.0139. The van der Waals surface area contributed by atoms with Crippen LogP contribution < -0.4 is 0 Å². The van der Waals surface area contributed by atoms with E-state index in [1.54, 1.807) is 32.2 Å². The van der Waals surface area contributed by atoms with Crippen molar-refractivity contribution in [2.45, 2.75) is 18.2 Å². The van der Waals surface area contributed by atoms with E-state index >= 15 is 0 Å². The van der Waals surface area contributed by atoms with Crippen LogP contribution in [0.2, 0.25) is 0 Å². The minimum atomic E-state index is -0.548. The number of pyridine rings is 1. The fourth-order valence-corrected chi connectivity index (χ4v) is 1.25. The average molecular weight is 307 g/mol. The molecule has 0 N–H and O–H groups in total. The maximum atomic E-state index is 11.7. The van der Waals surface area contributed by atoms with Crippen LogP contribution in [-0.2, 0) is 0 Å². The molecule has 1 heterocycles. The van der Waals surface area contributed by atoms with Gasteiger partial charge in [-0.15, -0.1) is 0 Å². The van der Waals surface area contributed by atoms with Crippen molar-refractivity contribution in [1.82, 2.24) is 4.98 Å². The summed E-state index contributed by atoms with van der Waals surface area (Å²) in [4.78, 5) is 15.7. The lowest BCUT2D eigenvalue weighted by molar-refractivity contribution is 0.0956. The monoisotopic (exact) mass is 305 g/mol. The van der Waals surface area contributed by atoms with Crippen LogP contribution >= 0.6 is 31.9 Å². The number of hydrogen-bond acceptors (Lipinski definition) is 2. The van der Waals surface area contributed by atoms with Crippen LogP contribution in [-0.4, -0.2) is 15.1 Å². The van der Waals surface area contributed by atoms with Gasteiger partial charge in [0, 0.05) is 10.7 Å². The van der Waals surface area contributed by atoms with Crippen LogP contribution in [0.4, 0.5) is 0 Å². The Morgan fingerprint density at radius 1 is 1.46 bits per heavy atom. The second-order valence-corrected chi connectivity index (χ2v) is 6.06. The van der Waals surface area contributed by atoms with Crippen molar-refractivity contribution in [3.63, 3.8) is 0 Å². The van der Waals surface area contributed by atoms with E-state index in [9.17, 15) is 4.79 Å². The van der Waals surface area contributed by atoms with E-state index in [0.29, 0.717) is 5.69 Å². The van der Waals surface area contributed by atoms with E-state index in [1.807, 2.05) is 0 Å². The van der Waals surface area contributed by atoms with Crippen molar-refractivity contribution >= 4 is 37.6 Å². The van der Waals surface area contributed by atoms with Gasteiger partial charge in [0.05, 0.1) is 4.32 Å². The maximum absolute atomic E-state index is 11.7. The number of Topliss-reactive ketones (excluding diaryl/α,β-unsaturated/α-hetero) is 1. The van der Waals surface area contributed by atoms with Gasteiger partial charge in [0.15, 0.2) is 5.78 Å². The molecule has 0 saturated heterocycles. The van der Waals surface area contributed by atoms with E-state index in [4.69, 9.17) is 0 Å². The highest BCUT2D eigenvalue weighted by Crippen LogP contribution is 2.21. The van der Waals surface area contributed by atoms with E-state index in [0.717, 1.165) is 4.47 Å². The Labute approximate surface area is 94.0 Å². The predicted molar refractivity (Wildman–Crippen MR) is 59.3 cm³/mol. The molecule has 0 bridgehead atoms. The van der Waals surface area contributed by atoms with Crippen molar-refractivity contribution in [3.8, 4) is 0 Å². The van der Waals surface area contributed by atoms with Crippen molar-refractivity contribution in [1.29, 1.82) is 0 Å². The molecule has 0 fully saturated rings. The van der Waals surface area contributed by atoms with Gasteiger partial charge in [0.2, 0.25) is 0 Å². The molecule has 0 saturated carbocycles. The summed E-state index contributed by atoms with van der Waals surface area (Å²) in [5, 5.41) is 0. The molecule has 1 rings (SSSR count). The quantitative estimate of drug-likeness (QED) is 0.620. The molecular formula is C9H9Br2NO. The summed E-state index contributed by atoms with van der Waals surface area (Å²) in [6.45, 7) is 3.61. The highest BCUT2D eigenvalue weighted by Gasteiger charge is 2.25. The third-order valence-corrected chi connectivity index (χ3v) is 2.33. The maximum Gasteiger partial charge on any atom is 0.197 e. The molecule has 13 heavy (non-hydrogen) atoms. The molecule has 0 aliphatic carbocycles. The third-order valence-electron chi connectivity index (χ3n) is 1.50. The van der Waals surface area contributed by atoms with Crippen molar-refractivity contribution in [2.24, 2.45) is 0 Å². The minimum Gasteiger partial charge on any atom is -0.291 e. The lowest BCUT2D eigenvalue weighted by Crippen LogP contribution is -2.24. The predicted octanol–water partition coefficient (Wildman–Crippen LogP) is 3.20. The van der Waals surface area contributed by atoms with Gasteiger partial charge in [0.1, 0.15) is 5.69 Å². The molecule has 0 atom stereocenters. The van der Waals surface area contributed by atoms with Crippen molar-refractivity contribution < 1.29 is 4.79 Å². The standard InChI is InChI=1S/C9H9Br2NO/c1-9(2,11)8(13)7-4-3-6(10)5-12-7/h3-5H,1-2H3. The van der Waals surface area contributed by atoms with Gasteiger partial charge in [-0.2, -0.15) is 0 Å². The number of ketones is 1. The van der Waals surface area contributed by atoms with Crippen LogP contribution in [0.5, 0.6) is 0 Å². The largest absolute Gasteiger partial charge is 0.291 e. The van der Waals surface area contributed by atoms with Crippen LogP contribution in [0.3, 0.4) is 0 Å². The second-order valence-electron chi connectivity index (χ2n) is 3.16. The van der Waals surface area contributed by atoms with Crippen LogP contribution in [0, 0.1) is 0 Å². The zero-order valence-corrected chi connectivity index (χ0v) is 10.5. The van der Waals surface area contributed by atoms with Gasteiger partial charge >= 0.3 is 0 Å². The van der Waals surface area contributed by atoms with Gasteiger partial charge in [-0.3, -0.25) is 9.78 Å². The summed E-state index contributed by atoms with van der Waals surface area (Å²) in [6.07, 6.45) is 1.62. The summed E-state index contributed by atoms with van der Waals surface area (Å²) >= 11 is 6.56. The number of hydrogen-bond donors (Lipinski definition) is 0. The number of carbonyl (C=O) groups is 1. The molecule has 4 heteroatoms. The Bertz CT molecular complexity index is 313. The van der Waals surface area contributed by atoms with E-state index in [-0.39, 0.29) is 5.78 Å². The van der Waals surface area contributed by atoms with Gasteiger partial charge in [-0.25, -0.2) is 0 Å². The molecule has 0 aliphatic rings. The fourth-order valence-electron chi connectivity index (χ4n) is 0.815. The molecule has 1 aromatic heterocycles. The first-order chi connectivity index (χ1) is 5.91. The fraction of sp³-hybridized carbons (Fsp3) is 0.333. The molecule has 0 radical (unpaired) electrons. The molecule has 0 spiro atoms. The lowest BCUT2D eigenvalue weighted by atomic mass is 10.1. The number of alkyl halides is 1. The van der Waals surface area contributed by atoms with Crippen molar-refractivity contribution in [3.05, 3.63) is 28.5 Å². The molecule has 0 aromatic carbocycles. The zero-order chi connectivity index (χ0) is 10.1. The summed E-state index contributed by atoms with van der Waals surface area (Å²) in [6, 6.07) is 3.51. The van der Waals surface area contributed by atoms with Crippen LogP contribution in [0.15, 0.2) is 22.8 Å². The third kappa shape index (κ3) is 2.88. The van der Waals surface area contributed by atoms with Gasteiger partial charge in [-0.1, -0.05) is 15.9 Å². The number of aromatic nitrogens is 1. The van der Waals surface area contributed by atoms with Crippen LogP contribution in [0.1, 0.15) is 24.3 Å². The Balaban J connectivity index is 2.97. The lowest BCUT2D eigenvalue weighted by Gasteiger charge is -2.13. The summed E-state index contributed by atoms with van der Waals surface area (Å²) in [7, 11) is 0. The smallest absolute Gasteiger partial charge is 0.197 e. The SMILES string of the molecule is CC(C)(Br)C(=O)c1ccc(Br)cn1. The Morgan fingerprint density at radius 2 is 2.08 bits per heavy atom. The van der Waals surface area contributed by atoms with Crippen LogP contribution in [0.25, 0.3) is 0 Å². The summed E-state index contributed by atoms with van der Waals surface area (Å²) in [5.41, 5.74) is 0.477. The minimum absolute atomic E-state index is 0.0139. The normalized spacial score (nSPS) is 11.4. The molecule has 1 aromatic rings. The Kier molecular flexibility index (Phi) is 3.24. The highest BCUT2D eigenvalue weighted by molar-refractivity contribution is 9.10.